The van der Waals surface area contributed by atoms with Crippen LogP contribution in [0.2, 0.25) is 0 Å². The molecule has 1 atom stereocenters. The van der Waals surface area contributed by atoms with E-state index in [2.05, 4.69) is 26.3 Å². The summed E-state index contributed by atoms with van der Waals surface area (Å²) >= 11 is 3.27. The predicted octanol–water partition coefficient (Wildman–Crippen LogP) is 0.966. The van der Waals surface area contributed by atoms with Crippen LogP contribution in [0.15, 0.2) is 15.5 Å². The fourth-order valence-electron chi connectivity index (χ4n) is 2.15. The zero-order chi connectivity index (χ0) is 14.0. The van der Waals surface area contributed by atoms with Crippen molar-refractivity contribution in [1.82, 2.24) is 14.7 Å². The maximum absolute atomic E-state index is 11.7. The molecule has 2 rings (SSSR count). The number of nitrogens with one attached hydrogen (secondary N) is 1. The molecule has 19 heavy (non-hydrogen) atoms. The molecule has 0 aliphatic carbocycles. The van der Waals surface area contributed by atoms with Crippen LogP contribution in [0.5, 0.6) is 0 Å². The Hall–Kier alpha value is -1.37. The Balaban J connectivity index is 2.03. The molecule has 2 heterocycles. The van der Waals surface area contributed by atoms with E-state index < -0.39 is 0 Å². The standard InChI is InChI=1S/C12H17BrN4O2/c1-8(7-17-5-3-4-10(17)18)15-9-6-14-16(2)12(19)11(9)13/h6,8,15H,3-5,7H2,1-2H3. The number of anilines is 1. The summed E-state index contributed by atoms with van der Waals surface area (Å²) in [4.78, 5) is 25.1. The molecule has 1 aromatic heterocycles. The van der Waals surface area contributed by atoms with Crippen molar-refractivity contribution in [3.05, 3.63) is 21.0 Å². The Labute approximate surface area is 119 Å². The number of hydrogen-bond acceptors (Lipinski definition) is 4. The van der Waals surface area contributed by atoms with E-state index in [1.165, 1.54) is 4.68 Å². The maximum atomic E-state index is 11.7. The Morgan fingerprint density at radius 1 is 1.53 bits per heavy atom. The van der Waals surface area contributed by atoms with E-state index in [1.807, 2.05) is 11.8 Å². The molecule has 1 fully saturated rings. The number of rotatable bonds is 4. The van der Waals surface area contributed by atoms with Gasteiger partial charge in [-0.3, -0.25) is 9.59 Å². The van der Waals surface area contributed by atoms with Crippen LogP contribution < -0.4 is 10.9 Å². The van der Waals surface area contributed by atoms with E-state index in [9.17, 15) is 9.59 Å². The monoisotopic (exact) mass is 328 g/mol. The summed E-state index contributed by atoms with van der Waals surface area (Å²) < 4.78 is 1.73. The number of aryl methyl sites for hydroxylation is 1. The average molecular weight is 329 g/mol. The second kappa shape index (κ2) is 5.73. The minimum Gasteiger partial charge on any atom is -0.378 e. The van der Waals surface area contributed by atoms with Gasteiger partial charge in [0.1, 0.15) is 4.47 Å². The highest BCUT2D eigenvalue weighted by Crippen LogP contribution is 2.18. The lowest BCUT2D eigenvalue weighted by Gasteiger charge is -2.22. The van der Waals surface area contributed by atoms with E-state index in [1.54, 1.807) is 13.2 Å². The first-order valence-electron chi connectivity index (χ1n) is 6.25. The fraction of sp³-hybridized carbons (Fsp3) is 0.583. The molecule has 1 aliphatic rings. The molecule has 6 nitrogen and oxygen atoms in total. The van der Waals surface area contributed by atoms with Gasteiger partial charge in [-0.25, -0.2) is 4.68 Å². The van der Waals surface area contributed by atoms with Crippen LogP contribution in [-0.4, -0.2) is 39.7 Å². The van der Waals surface area contributed by atoms with Gasteiger partial charge in [0.05, 0.1) is 11.9 Å². The third-order valence-corrected chi connectivity index (χ3v) is 3.91. The van der Waals surface area contributed by atoms with Gasteiger partial charge >= 0.3 is 0 Å². The third-order valence-electron chi connectivity index (χ3n) is 3.15. The van der Waals surface area contributed by atoms with Crippen molar-refractivity contribution in [3.63, 3.8) is 0 Å². The number of carbonyl (C=O) groups is 1. The summed E-state index contributed by atoms with van der Waals surface area (Å²) in [6.45, 7) is 3.44. The van der Waals surface area contributed by atoms with E-state index in [-0.39, 0.29) is 17.5 Å². The van der Waals surface area contributed by atoms with Gasteiger partial charge in [-0.05, 0) is 29.3 Å². The third kappa shape index (κ3) is 3.15. The lowest BCUT2D eigenvalue weighted by molar-refractivity contribution is -0.127. The van der Waals surface area contributed by atoms with Gasteiger partial charge in [-0.1, -0.05) is 0 Å². The molecule has 104 valence electrons. The van der Waals surface area contributed by atoms with Crippen molar-refractivity contribution >= 4 is 27.5 Å². The number of aromatic nitrogens is 2. The van der Waals surface area contributed by atoms with E-state index >= 15 is 0 Å². The number of carbonyl (C=O) groups excluding carboxylic acids is 1. The van der Waals surface area contributed by atoms with E-state index in [0.29, 0.717) is 23.1 Å². The van der Waals surface area contributed by atoms with Gasteiger partial charge in [0.25, 0.3) is 5.56 Å². The number of amides is 1. The number of nitrogens with zero attached hydrogens (tertiary/aromatic N) is 3. The SMILES string of the molecule is CC(CN1CCCC1=O)Nc1cnn(C)c(=O)c1Br. The molecular weight excluding hydrogens is 312 g/mol. The smallest absolute Gasteiger partial charge is 0.282 e. The Morgan fingerprint density at radius 3 is 2.89 bits per heavy atom. The average Bonchev–Trinajstić information content (AvgIpc) is 2.76. The molecule has 0 aromatic carbocycles. The van der Waals surface area contributed by atoms with Crippen LogP contribution in [0, 0.1) is 0 Å². The molecule has 0 radical (unpaired) electrons. The van der Waals surface area contributed by atoms with E-state index in [0.717, 1.165) is 13.0 Å². The minimum atomic E-state index is -0.186. The molecule has 1 aliphatic heterocycles. The van der Waals surface area contributed by atoms with Crippen LogP contribution in [0.1, 0.15) is 19.8 Å². The van der Waals surface area contributed by atoms with Crippen LogP contribution in [0.3, 0.4) is 0 Å². The van der Waals surface area contributed by atoms with Gasteiger partial charge in [0.15, 0.2) is 0 Å². The molecule has 1 aromatic rings. The quantitative estimate of drug-likeness (QED) is 0.894. The Morgan fingerprint density at radius 2 is 2.26 bits per heavy atom. The number of hydrogen-bond donors (Lipinski definition) is 1. The van der Waals surface area contributed by atoms with Crippen molar-refractivity contribution in [3.8, 4) is 0 Å². The second-order valence-electron chi connectivity index (χ2n) is 4.79. The van der Waals surface area contributed by atoms with Gasteiger partial charge < -0.3 is 10.2 Å². The molecule has 0 saturated carbocycles. The number of halogens is 1. The maximum Gasteiger partial charge on any atom is 0.282 e. The molecule has 0 bridgehead atoms. The first-order valence-corrected chi connectivity index (χ1v) is 7.04. The van der Waals surface area contributed by atoms with Crippen molar-refractivity contribution < 1.29 is 4.79 Å². The highest BCUT2D eigenvalue weighted by molar-refractivity contribution is 9.10. The number of likely N-dealkylation sites (tertiary alicyclic amines) is 1. The molecule has 1 N–H and O–H groups in total. The zero-order valence-corrected chi connectivity index (χ0v) is 12.6. The highest BCUT2D eigenvalue weighted by Gasteiger charge is 2.22. The largest absolute Gasteiger partial charge is 0.378 e. The molecule has 7 heteroatoms. The predicted molar refractivity (Wildman–Crippen MR) is 76.1 cm³/mol. The van der Waals surface area contributed by atoms with Crippen LogP contribution in [0.25, 0.3) is 0 Å². The lowest BCUT2D eigenvalue weighted by atomic mass is 10.3. The van der Waals surface area contributed by atoms with Crippen LogP contribution >= 0.6 is 15.9 Å². The molecule has 0 spiro atoms. The lowest BCUT2D eigenvalue weighted by Crippen LogP contribution is -2.36. The van der Waals surface area contributed by atoms with Gasteiger partial charge in [-0.15, -0.1) is 0 Å². The second-order valence-corrected chi connectivity index (χ2v) is 5.58. The summed E-state index contributed by atoms with van der Waals surface area (Å²) in [5.74, 6) is 0.204. The summed E-state index contributed by atoms with van der Waals surface area (Å²) in [7, 11) is 1.60. The zero-order valence-electron chi connectivity index (χ0n) is 11.0. The topological polar surface area (TPSA) is 67.2 Å². The minimum absolute atomic E-state index is 0.0623. The van der Waals surface area contributed by atoms with Gasteiger partial charge in [0.2, 0.25) is 5.91 Å². The molecule has 1 unspecified atom stereocenters. The van der Waals surface area contributed by atoms with Gasteiger partial charge in [0, 0.05) is 32.6 Å². The first-order chi connectivity index (χ1) is 8.99. The van der Waals surface area contributed by atoms with Crippen LogP contribution in [-0.2, 0) is 11.8 Å². The van der Waals surface area contributed by atoms with Gasteiger partial charge in [-0.2, -0.15) is 5.10 Å². The van der Waals surface area contributed by atoms with E-state index in [4.69, 9.17) is 0 Å². The Bertz CT molecular complexity index is 543. The van der Waals surface area contributed by atoms with Crippen molar-refractivity contribution in [2.45, 2.75) is 25.8 Å². The molecule has 1 saturated heterocycles. The fourth-order valence-corrected chi connectivity index (χ4v) is 2.62. The summed E-state index contributed by atoms with van der Waals surface area (Å²) in [5.41, 5.74) is 0.469. The Kier molecular flexibility index (Phi) is 4.24. The molecule has 1 amide bonds. The first kappa shape index (κ1) is 14.0. The summed E-state index contributed by atoms with van der Waals surface area (Å²) in [6.07, 6.45) is 3.18. The van der Waals surface area contributed by atoms with Crippen molar-refractivity contribution in [2.75, 3.05) is 18.4 Å². The summed E-state index contributed by atoms with van der Waals surface area (Å²) in [5, 5.41) is 7.18. The highest BCUT2D eigenvalue weighted by atomic mass is 79.9. The summed E-state index contributed by atoms with van der Waals surface area (Å²) in [6, 6.07) is 0.0623. The molecular formula is C12H17BrN4O2. The normalized spacial score (nSPS) is 16.8. The van der Waals surface area contributed by atoms with Crippen LogP contribution in [0.4, 0.5) is 5.69 Å². The van der Waals surface area contributed by atoms with Crippen molar-refractivity contribution in [2.24, 2.45) is 7.05 Å². The van der Waals surface area contributed by atoms with Crippen molar-refractivity contribution in [1.29, 1.82) is 0 Å².